The summed E-state index contributed by atoms with van der Waals surface area (Å²) < 4.78 is 17.8. The molecule has 0 amide bonds. The lowest BCUT2D eigenvalue weighted by molar-refractivity contribution is -0.131. The summed E-state index contributed by atoms with van der Waals surface area (Å²) in [6.45, 7) is 7.42. The third-order valence-corrected chi connectivity index (χ3v) is 4.79. The molecule has 0 atom stereocenters. The highest BCUT2D eigenvalue weighted by atomic mass is 16.7. The van der Waals surface area contributed by atoms with Gasteiger partial charge in [-0.25, -0.2) is 4.79 Å². The minimum Gasteiger partial charge on any atom is -0.496 e. The molecule has 1 saturated heterocycles. The van der Waals surface area contributed by atoms with Gasteiger partial charge in [-0.1, -0.05) is 45.0 Å². The molecular formula is C23H26O5. The lowest BCUT2D eigenvalue weighted by atomic mass is 9.83. The summed E-state index contributed by atoms with van der Waals surface area (Å²) in [5.41, 5.74) is 3.54. The molecule has 0 spiro atoms. The first-order valence-corrected chi connectivity index (χ1v) is 9.25. The summed E-state index contributed by atoms with van der Waals surface area (Å²) in [5, 5.41) is 8.79. The van der Waals surface area contributed by atoms with Crippen LogP contribution in [0.1, 0.15) is 43.0 Å². The Labute approximate surface area is 165 Å². The fraction of sp³-hybridized carbons (Fsp3) is 0.348. The first-order chi connectivity index (χ1) is 13.3. The molecule has 1 aliphatic rings. The lowest BCUT2D eigenvalue weighted by Crippen LogP contribution is -2.29. The number of carboxylic acid groups (broad SMARTS) is 1. The molecule has 3 rings (SSSR count). The highest BCUT2D eigenvalue weighted by molar-refractivity contribution is 5.85. The zero-order chi connectivity index (χ0) is 20.4. The molecule has 0 bridgehead atoms. The van der Waals surface area contributed by atoms with Crippen molar-refractivity contribution in [3.8, 4) is 5.75 Å². The van der Waals surface area contributed by atoms with E-state index in [4.69, 9.17) is 19.3 Å². The van der Waals surface area contributed by atoms with E-state index in [2.05, 4.69) is 26.8 Å². The van der Waals surface area contributed by atoms with E-state index in [1.807, 2.05) is 36.4 Å². The van der Waals surface area contributed by atoms with E-state index >= 15 is 0 Å². The van der Waals surface area contributed by atoms with Gasteiger partial charge in [-0.2, -0.15) is 0 Å². The molecule has 1 heterocycles. The highest BCUT2D eigenvalue weighted by Crippen LogP contribution is 2.42. The van der Waals surface area contributed by atoms with Crippen LogP contribution < -0.4 is 4.74 Å². The van der Waals surface area contributed by atoms with Crippen molar-refractivity contribution in [1.82, 2.24) is 0 Å². The maximum Gasteiger partial charge on any atom is 0.328 e. The minimum atomic E-state index is -0.985. The predicted molar refractivity (Wildman–Crippen MR) is 107 cm³/mol. The van der Waals surface area contributed by atoms with Crippen LogP contribution in [0.5, 0.6) is 5.75 Å². The van der Waals surface area contributed by atoms with Crippen molar-refractivity contribution in [3.63, 3.8) is 0 Å². The summed E-state index contributed by atoms with van der Waals surface area (Å²) in [5.74, 6) is -1.13. The number of rotatable bonds is 5. The number of aliphatic carboxylic acids is 1. The number of carbonyl (C=O) groups is 1. The van der Waals surface area contributed by atoms with Gasteiger partial charge in [0.2, 0.25) is 5.79 Å². The molecule has 5 heteroatoms. The molecule has 0 aliphatic carbocycles. The number of methoxy groups -OCH3 is 1. The Morgan fingerprint density at radius 2 is 1.68 bits per heavy atom. The molecule has 0 unspecified atom stereocenters. The zero-order valence-electron chi connectivity index (χ0n) is 16.7. The van der Waals surface area contributed by atoms with Crippen LogP contribution in [-0.2, 0) is 25.5 Å². The van der Waals surface area contributed by atoms with Crippen LogP contribution in [-0.4, -0.2) is 31.4 Å². The van der Waals surface area contributed by atoms with E-state index in [1.165, 1.54) is 0 Å². The van der Waals surface area contributed by atoms with Gasteiger partial charge >= 0.3 is 5.97 Å². The monoisotopic (exact) mass is 382 g/mol. The summed E-state index contributed by atoms with van der Waals surface area (Å²) in [7, 11) is 1.67. The van der Waals surface area contributed by atoms with Gasteiger partial charge in [0, 0.05) is 17.2 Å². The number of benzene rings is 2. The molecule has 0 aromatic heterocycles. The van der Waals surface area contributed by atoms with Crippen molar-refractivity contribution in [2.45, 2.75) is 32.0 Å². The Morgan fingerprint density at radius 3 is 2.21 bits per heavy atom. The first-order valence-electron chi connectivity index (χ1n) is 9.25. The number of hydrogen-bond acceptors (Lipinski definition) is 4. The van der Waals surface area contributed by atoms with Crippen LogP contribution in [0.15, 0.2) is 48.5 Å². The topological polar surface area (TPSA) is 65.0 Å². The van der Waals surface area contributed by atoms with Gasteiger partial charge in [-0.15, -0.1) is 0 Å². The Morgan fingerprint density at radius 1 is 1.07 bits per heavy atom. The van der Waals surface area contributed by atoms with Gasteiger partial charge in [0.05, 0.1) is 20.3 Å². The van der Waals surface area contributed by atoms with Crippen molar-refractivity contribution in [3.05, 3.63) is 70.8 Å². The van der Waals surface area contributed by atoms with E-state index < -0.39 is 11.8 Å². The van der Waals surface area contributed by atoms with E-state index in [-0.39, 0.29) is 5.41 Å². The average molecular weight is 382 g/mol. The average Bonchev–Trinajstić information content (AvgIpc) is 3.16. The van der Waals surface area contributed by atoms with Crippen molar-refractivity contribution >= 4 is 12.0 Å². The Balaban J connectivity index is 2.05. The molecule has 0 radical (unpaired) electrons. The van der Waals surface area contributed by atoms with Gasteiger partial charge in [-0.05, 0) is 40.8 Å². The number of carboxylic acids is 1. The summed E-state index contributed by atoms with van der Waals surface area (Å²) in [4.78, 5) is 10.7. The van der Waals surface area contributed by atoms with Gasteiger partial charge in [0.25, 0.3) is 0 Å². The minimum absolute atomic E-state index is 0.105. The van der Waals surface area contributed by atoms with Crippen molar-refractivity contribution in [2.24, 2.45) is 0 Å². The quantitative estimate of drug-likeness (QED) is 0.780. The third kappa shape index (κ3) is 3.96. The molecule has 2 aromatic carbocycles. The molecule has 1 N–H and O–H groups in total. The van der Waals surface area contributed by atoms with Crippen LogP contribution >= 0.6 is 0 Å². The van der Waals surface area contributed by atoms with Gasteiger partial charge in [0.1, 0.15) is 5.75 Å². The van der Waals surface area contributed by atoms with Gasteiger partial charge in [-0.3, -0.25) is 0 Å². The molecule has 5 nitrogen and oxygen atoms in total. The van der Waals surface area contributed by atoms with Crippen LogP contribution in [0, 0.1) is 0 Å². The van der Waals surface area contributed by atoms with Crippen molar-refractivity contribution in [1.29, 1.82) is 0 Å². The third-order valence-electron chi connectivity index (χ3n) is 4.79. The first kappa shape index (κ1) is 20.1. The van der Waals surface area contributed by atoms with E-state index in [0.29, 0.717) is 13.2 Å². The Kier molecular flexibility index (Phi) is 5.59. The summed E-state index contributed by atoms with van der Waals surface area (Å²) >= 11 is 0. The van der Waals surface area contributed by atoms with Gasteiger partial charge < -0.3 is 19.3 Å². The van der Waals surface area contributed by atoms with E-state index in [0.717, 1.165) is 34.1 Å². The van der Waals surface area contributed by atoms with Crippen molar-refractivity contribution < 1.29 is 24.1 Å². The Hall–Kier alpha value is -2.63. The van der Waals surface area contributed by atoms with Crippen LogP contribution in [0.25, 0.3) is 6.08 Å². The smallest absolute Gasteiger partial charge is 0.328 e. The second-order valence-corrected chi connectivity index (χ2v) is 7.77. The summed E-state index contributed by atoms with van der Waals surface area (Å²) in [6.07, 6.45) is 2.67. The zero-order valence-corrected chi connectivity index (χ0v) is 16.7. The largest absolute Gasteiger partial charge is 0.496 e. The highest BCUT2D eigenvalue weighted by Gasteiger charge is 2.41. The van der Waals surface area contributed by atoms with Crippen LogP contribution in [0.4, 0.5) is 0 Å². The number of ether oxygens (including phenoxy) is 3. The standard InChI is InChI=1S/C23H26O5/c1-22(2,3)19-15-18(10-11-20(19)26-4)23(27-13-14-28-23)17-8-5-16(6-9-17)7-12-21(24)25/h5-12,15H,13-14H2,1-4H3,(H,24,25). The second kappa shape index (κ2) is 7.78. The molecular weight excluding hydrogens is 356 g/mol. The SMILES string of the molecule is COc1ccc(C2(c3ccc(C=CC(=O)O)cc3)OCCO2)cc1C(C)(C)C. The predicted octanol–water partition coefficient (Wildman–Crippen LogP) is 4.34. The fourth-order valence-corrected chi connectivity index (χ4v) is 3.39. The van der Waals surface area contributed by atoms with E-state index in [1.54, 1.807) is 13.2 Å². The number of hydrogen-bond donors (Lipinski definition) is 1. The second-order valence-electron chi connectivity index (χ2n) is 7.77. The normalized spacial score (nSPS) is 16.4. The summed E-state index contributed by atoms with van der Waals surface area (Å²) in [6, 6.07) is 13.5. The van der Waals surface area contributed by atoms with Crippen LogP contribution in [0.2, 0.25) is 0 Å². The molecule has 1 fully saturated rings. The van der Waals surface area contributed by atoms with Crippen LogP contribution in [0.3, 0.4) is 0 Å². The lowest BCUT2D eigenvalue weighted by Gasteiger charge is -2.31. The maximum absolute atomic E-state index is 10.7. The molecule has 2 aromatic rings. The molecule has 1 aliphatic heterocycles. The Bertz CT molecular complexity index is 869. The van der Waals surface area contributed by atoms with E-state index in [9.17, 15) is 4.79 Å². The maximum atomic E-state index is 10.7. The van der Waals surface area contributed by atoms with Gasteiger partial charge in [0.15, 0.2) is 0 Å². The molecule has 148 valence electrons. The van der Waals surface area contributed by atoms with Crippen molar-refractivity contribution in [2.75, 3.05) is 20.3 Å². The fourth-order valence-electron chi connectivity index (χ4n) is 3.39. The molecule has 28 heavy (non-hydrogen) atoms. The molecule has 0 saturated carbocycles.